The molecule has 2 aliphatic rings. The molecule has 0 radical (unpaired) electrons. The maximum absolute atomic E-state index is 14.4. The molecule has 3 aromatic rings. The smallest absolute Gasteiger partial charge is 0.244 e. The highest BCUT2D eigenvalue weighted by Gasteiger charge is 2.35. The van der Waals surface area contributed by atoms with E-state index in [1.165, 1.54) is 17.9 Å². The van der Waals surface area contributed by atoms with Gasteiger partial charge in [0.05, 0.1) is 11.4 Å². The summed E-state index contributed by atoms with van der Waals surface area (Å²) in [5.41, 5.74) is 1.55. The summed E-state index contributed by atoms with van der Waals surface area (Å²) in [6.07, 6.45) is 3.97. The number of carbonyl (C=O) groups is 2. The van der Waals surface area contributed by atoms with E-state index < -0.39 is 28.5 Å². The number of sulfonamides is 1. The zero-order valence-corrected chi connectivity index (χ0v) is 26.7. The number of benzene rings is 3. The maximum atomic E-state index is 14.4. The summed E-state index contributed by atoms with van der Waals surface area (Å²) in [5.74, 6) is -0.288. The van der Waals surface area contributed by atoms with Crippen molar-refractivity contribution in [3.63, 3.8) is 0 Å². The molecule has 0 unspecified atom stereocenters. The van der Waals surface area contributed by atoms with Gasteiger partial charge in [-0.25, -0.2) is 8.42 Å². The molecule has 12 heteroatoms. The van der Waals surface area contributed by atoms with Gasteiger partial charge in [-0.3, -0.25) is 13.9 Å². The molecule has 1 N–H and O–H groups in total. The fourth-order valence-corrected chi connectivity index (χ4v) is 7.11. The molecular weight excluding hydrogens is 625 g/mol. The molecule has 5 rings (SSSR count). The Kier molecular flexibility index (Phi) is 10.2. The second kappa shape index (κ2) is 14.1. The Morgan fingerprint density at radius 3 is 2.32 bits per heavy atom. The molecule has 0 aromatic heterocycles. The van der Waals surface area contributed by atoms with E-state index in [0.717, 1.165) is 35.6 Å². The Morgan fingerprint density at radius 1 is 0.955 bits per heavy atom. The van der Waals surface area contributed by atoms with Gasteiger partial charge in [0.2, 0.25) is 28.6 Å². The summed E-state index contributed by atoms with van der Waals surface area (Å²) in [4.78, 5) is 29.8. The van der Waals surface area contributed by atoms with Gasteiger partial charge < -0.3 is 19.7 Å². The molecule has 1 aliphatic carbocycles. The molecule has 1 fully saturated rings. The SMILES string of the molecule is CCS(=O)(=O)N(CC(=O)N(Cc1c(Cl)cccc1Cl)[C@H](Cc1ccccc1)C(=O)NC1CCCC1)c1ccc2c(c1)OCO2. The summed E-state index contributed by atoms with van der Waals surface area (Å²) in [6, 6.07) is 18.2. The highest BCUT2D eigenvalue weighted by molar-refractivity contribution is 7.92. The fourth-order valence-electron chi connectivity index (χ4n) is 5.54. The number of nitrogens with zero attached hydrogens (tertiary/aromatic N) is 2. The van der Waals surface area contributed by atoms with E-state index in [0.29, 0.717) is 27.1 Å². The monoisotopic (exact) mass is 659 g/mol. The summed E-state index contributed by atoms with van der Waals surface area (Å²) in [7, 11) is -3.94. The molecule has 1 saturated carbocycles. The van der Waals surface area contributed by atoms with Crippen molar-refractivity contribution in [3.8, 4) is 11.5 Å². The van der Waals surface area contributed by atoms with Crippen molar-refractivity contribution >= 4 is 50.7 Å². The van der Waals surface area contributed by atoms with Crippen LogP contribution in [-0.2, 0) is 32.6 Å². The van der Waals surface area contributed by atoms with Gasteiger partial charge in [0.15, 0.2) is 11.5 Å². The van der Waals surface area contributed by atoms with E-state index in [-0.39, 0.29) is 43.1 Å². The van der Waals surface area contributed by atoms with Crippen LogP contribution in [0.5, 0.6) is 11.5 Å². The number of nitrogens with one attached hydrogen (secondary N) is 1. The lowest BCUT2D eigenvalue weighted by molar-refractivity contribution is -0.140. The molecule has 0 bridgehead atoms. The standard InChI is InChI=1S/C32H35Cl2N3O6S/c1-2-44(40,41)37(24-15-16-29-30(18-24)43-21-42-29)20-31(38)36(19-25-26(33)13-8-14-27(25)34)28(17-22-9-4-3-5-10-22)32(39)35-23-11-6-7-12-23/h3-5,8-10,13-16,18,23,28H,2,6-7,11-12,17,19-21H2,1H3,(H,35,39)/t28-/m1/s1. The fraction of sp³-hybridized carbons (Fsp3) is 0.375. The van der Waals surface area contributed by atoms with Crippen molar-refractivity contribution < 1.29 is 27.5 Å². The van der Waals surface area contributed by atoms with Crippen LogP contribution in [-0.4, -0.2) is 56.3 Å². The highest BCUT2D eigenvalue weighted by Crippen LogP contribution is 2.36. The Balaban J connectivity index is 1.55. The lowest BCUT2D eigenvalue weighted by Gasteiger charge is -2.34. The zero-order valence-electron chi connectivity index (χ0n) is 24.4. The molecule has 2 amide bonds. The van der Waals surface area contributed by atoms with Gasteiger partial charge in [0.25, 0.3) is 0 Å². The van der Waals surface area contributed by atoms with Gasteiger partial charge in [-0.2, -0.15) is 0 Å². The number of hydrogen-bond acceptors (Lipinski definition) is 6. The van der Waals surface area contributed by atoms with Gasteiger partial charge in [0, 0.05) is 40.7 Å². The van der Waals surface area contributed by atoms with Gasteiger partial charge in [0.1, 0.15) is 12.6 Å². The summed E-state index contributed by atoms with van der Waals surface area (Å²) >= 11 is 13.1. The van der Waals surface area contributed by atoms with E-state index in [9.17, 15) is 18.0 Å². The first kappa shape index (κ1) is 31.9. The predicted molar refractivity (Wildman–Crippen MR) is 171 cm³/mol. The zero-order chi connectivity index (χ0) is 31.3. The second-order valence-corrected chi connectivity index (χ2v) is 13.9. The number of rotatable bonds is 12. The average molecular weight is 661 g/mol. The topological polar surface area (TPSA) is 105 Å². The molecule has 1 heterocycles. The first-order valence-corrected chi connectivity index (χ1v) is 17.0. The minimum absolute atomic E-state index is 0.00669. The number of anilines is 1. The minimum atomic E-state index is -3.94. The normalized spacial score (nSPS) is 15.2. The van der Waals surface area contributed by atoms with E-state index in [4.69, 9.17) is 32.7 Å². The predicted octanol–water partition coefficient (Wildman–Crippen LogP) is 5.58. The van der Waals surface area contributed by atoms with Crippen molar-refractivity contribution in [2.24, 2.45) is 0 Å². The molecule has 1 atom stereocenters. The van der Waals surface area contributed by atoms with Gasteiger partial charge in [-0.05, 0) is 49.6 Å². The second-order valence-electron chi connectivity index (χ2n) is 10.9. The number of fused-ring (bicyclic) bond motifs is 1. The van der Waals surface area contributed by atoms with Crippen molar-refractivity contribution in [1.82, 2.24) is 10.2 Å². The van der Waals surface area contributed by atoms with Crippen LogP contribution >= 0.6 is 23.2 Å². The quantitative estimate of drug-likeness (QED) is 0.272. The summed E-state index contributed by atoms with van der Waals surface area (Å²) in [6.45, 7) is 0.865. The lowest BCUT2D eigenvalue weighted by Crippen LogP contribution is -2.54. The van der Waals surface area contributed by atoms with Crippen LogP contribution in [0.1, 0.15) is 43.7 Å². The molecule has 0 saturated heterocycles. The van der Waals surface area contributed by atoms with Crippen LogP contribution in [0.15, 0.2) is 66.7 Å². The molecule has 9 nitrogen and oxygen atoms in total. The molecule has 3 aromatic carbocycles. The van der Waals surface area contributed by atoms with Crippen LogP contribution in [0.4, 0.5) is 5.69 Å². The van der Waals surface area contributed by atoms with Crippen molar-refractivity contribution in [1.29, 1.82) is 0 Å². The number of carbonyl (C=O) groups excluding carboxylic acids is 2. The number of ether oxygens (including phenoxy) is 2. The Hall–Kier alpha value is -3.47. The first-order chi connectivity index (χ1) is 21.2. The largest absolute Gasteiger partial charge is 0.454 e. The third-order valence-electron chi connectivity index (χ3n) is 7.99. The van der Waals surface area contributed by atoms with Crippen molar-refractivity contribution in [3.05, 3.63) is 87.9 Å². The Morgan fingerprint density at radius 2 is 1.64 bits per heavy atom. The lowest BCUT2D eigenvalue weighted by atomic mass is 10.0. The number of hydrogen-bond donors (Lipinski definition) is 1. The van der Waals surface area contributed by atoms with Crippen LogP contribution in [0.25, 0.3) is 0 Å². The maximum Gasteiger partial charge on any atom is 0.244 e. The number of halogens is 2. The van der Waals surface area contributed by atoms with E-state index in [1.54, 1.807) is 30.3 Å². The van der Waals surface area contributed by atoms with Gasteiger partial charge >= 0.3 is 0 Å². The van der Waals surface area contributed by atoms with E-state index in [2.05, 4.69) is 5.32 Å². The van der Waals surface area contributed by atoms with E-state index in [1.807, 2.05) is 30.3 Å². The van der Waals surface area contributed by atoms with Gasteiger partial charge in [-0.1, -0.05) is 72.4 Å². The minimum Gasteiger partial charge on any atom is -0.454 e. The van der Waals surface area contributed by atoms with Crippen LogP contribution in [0.3, 0.4) is 0 Å². The molecule has 0 spiro atoms. The van der Waals surface area contributed by atoms with Crippen molar-refractivity contribution in [2.45, 2.75) is 57.7 Å². The summed E-state index contributed by atoms with van der Waals surface area (Å²) < 4.78 is 38.7. The Labute approximate surface area is 268 Å². The van der Waals surface area contributed by atoms with Crippen molar-refractivity contribution in [2.75, 3.05) is 23.4 Å². The third-order valence-corrected chi connectivity index (χ3v) is 10.4. The van der Waals surface area contributed by atoms with Crippen LogP contribution in [0, 0.1) is 0 Å². The van der Waals surface area contributed by atoms with Crippen LogP contribution < -0.4 is 19.1 Å². The number of amides is 2. The highest BCUT2D eigenvalue weighted by atomic mass is 35.5. The molecular formula is C32H35Cl2N3O6S. The summed E-state index contributed by atoms with van der Waals surface area (Å²) in [5, 5.41) is 3.81. The first-order valence-electron chi connectivity index (χ1n) is 14.6. The average Bonchev–Trinajstić information content (AvgIpc) is 3.71. The third kappa shape index (κ3) is 7.42. The van der Waals surface area contributed by atoms with E-state index >= 15 is 0 Å². The molecule has 44 heavy (non-hydrogen) atoms. The molecule has 234 valence electrons. The Bertz CT molecular complexity index is 1580. The van der Waals surface area contributed by atoms with Crippen LogP contribution in [0.2, 0.25) is 10.0 Å². The van der Waals surface area contributed by atoms with Gasteiger partial charge in [-0.15, -0.1) is 0 Å². The molecule has 1 aliphatic heterocycles.